The van der Waals surface area contributed by atoms with Crippen LogP contribution in [0.5, 0.6) is 0 Å². The van der Waals surface area contributed by atoms with Gasteiger partial charge in [-0.2, -0.15) is 35.3 Å². The lowest BCUT2D eigenvalue weighted by molar-refractivity contribution is -0.0539. The van der Waals surface area contributed by atoms with Gasteiger partial charge in [0.2, 0.25) is 0 Å². The number of sulfonamides is 1. The maximum absolute atomic E-state index is 12.1. The van der Waals surface area contributed by atoms with Gasteiger partial charge in [0.1, 0.15) is 5.88 Å². The first-order valence-electron chi connectivity index (χ1n) is 3.48. The highest BCUT2D eigenvalue weighted by molar-refractivity contribution is 8.15. The minimum absolute atomic E-state index is 0.282. The first-order valence-corrected chi connectivity index (χ1v) is 7.46. The Hall–Kier alpha value is -0.400. The molecule has 106 valence electrons. The quantitative estimate of drug-likeness (QED) is 0.756. The molecular weight excluding hydrogens is 304 g/mol. The molecule has 0 aromatic carbocycles. The second kappa shape index (κ2) is 3.80. The fourth-order valence-electron chi connectivity index (χ4n) is 0.380. The Balaban J connectivity index is 5.14. The zero-order chi connectivity index (χ0) is 14.4. The van der Waals surface area contributed by atoms with Crippen LogP contribution < -0.4 is 4.72 Å². The van der Waals surface area contributed by atoms with Crippen molar-refractivity contribution in [2.24, 2.45) is 0 Å². The van der Waals surface area contributed by atoms with Crippen LogP contribution >= 0.6 is 0 Å². The van der Waals surface area contributed by atoms with Crippen LogP contribution in [0.2, 0.25) is 0 Å². The summed E-state index contributed by atoms with van der Waals surface area (Å²) in [5.41, 5.74) is -11.6. The lowest BCUT2D eigenvalue weighted by Crippen LogP contribution is -2.55. The molecule has 0 saturated carbocycles. The minimum atomic E-state index is -6.55. The van der Waals surface area contributed by atoms with Crippen LogP contribution in [-0.2, 0) is 19.4 Å². The maximum Gasteiger partial charge on any atom is 0.511 e. The second-order valence-corrected chi connectivity index (χ2v) is 8.64. The molecule has 5 nitrogen and oxygen atoms in total. The lowest BCUT2D eigenvalue weighted by Gasteiger charge is -2.39. The predicted molar refractivity (Wildman–Crippen MR) is 45.7 cm³/mol. The van der Waals surface area contributed by atoms with Crippen LogP contribution in [0, 0.1) is 0 Å². The Morgan fingerprint density at radius 1 is 1.18 bits per heavy atom. The zero-order valence-corrected chi connectivity index (χ0v) is 9.60. The lowest BCUT2D eigenvalue weighted by atomic mass is 11.5. The largest absolute Gasteiger partial charge is 0.511 e. The SMILES string of the molecule is CS(=O)(O)(CNS(=O)(=O)C(F)(F)F)C(F)(F)F. The molecule has 0 fully saturated rings. The highest BCUT2D eigenvalue weighted by Crippen LogP contribution is 2.38. The first kappa shape index (κ1) is 16.6. The Morgan fingerprint density at radius 2 is 1.53 bits per heavy atom. The van der Waals surface area contributed by atoms with Gasteiger partial charge in [-0.1, -0.05) is 9.35 Å². The van der Waals surface area contributed by atoms with Crippen LogP contribution in [0.1, 0.15) is 0 Å². The van der Waals surface area contributed by atoms with Crippen molar-refractivity contribution in [1.82, 2.24) is 4.72 Å². The molecule has 0 aliphatic heterocycles. The number of halogens is 6. The number of rotatable bonds is 3. The van der Waals surface area contributed by atoms with Gasteiger partial charge in [-0.15, -0.1) is 0 Å². The molecule has 2 N–H and O–H groups in total. The molecule has 0 unspecified atom stereocenters. The standard InChI is InChI=1S/C4H7F6NO4S2/c1-17(14,15,4(8,9)10)2-11-16(12,13)3(5,6)7/h11H,2H2,1H3,(H,14,15). The molecule has 0 aromatic rings. The summed E-state index contributed by atoms with van der Waals surface area (Å²) in [6.07, 6.45) is -0.282. The van der Waals surface area contributed by atoms with E-state index in [4.69, 9.17) is 4.55 Å². The van der Waals surface area contributed by atoms with Gasteiger partial charge in [-0.3, -0.25) is 4.55 Å². The molecule has 0 aromatic heterocycles. The topological polar surface area (TPSA) is 83.5 Å². The molecule has 0 atom stereocenters. The zero-order valence-electron chi connectivity index (χ0n) is 7.96. The summed E-state index contributed by atoms with van der Waals surface area (Å²) in [4.78, 5) is 0. The van der Waals surface area contributed by atoms with Crippen molar-refractivity contribution in [3.8, 4) is 0 Å². The molecule has 13 heteroatoms. The summed E-state index contributed by atoms with van der Waals surface area (Å²) in [7, 11) is -12.7. The number of hydrogen-bond acceptors (Lipinski definition) is 3. The number of nitrogens with one attached hydrogen (secondary N) is 1. The monoisotopic (exact) mass is 311 g/mol. The third-order valence-electron chi connectivity index (χ3n) is 1.49. The van der Waals surface area contributed by atoms with Gasteiger partial charge >= 0.3 is 21.0 Å². The van der Waals surface area contributed by atoms with Crippen molar-refractivity contribution in [2.75, 3.05) is 12.1 Å². The Labute approximate surface area is 91.5 Å². The molecule has 0 radical (unpaired) electrons. The van der Waals surface area contributed by atoms with E-state index in [1.165, 1.54) is 0 Å². The third-order valence-corrected chi connectivity index (χ3v) is 4.81. The minimum Gasteiger partial charge on any atom is -0.295 e. The molecule has 0 aliphatic rings. The van der Waals surface area contributed by atoms with Gasteiger partial charge < -0.3 is 0 Å². The van der Waals surface area contributed by atoms with Crippen LogP contribution in [0.3, 0.4) is 0 Å². The normalized spacial score (nSPS) is 17.5. The molecule has 0 heterocycles. The summed E-state index contributed by atoms with van der Waals surface area (Å²) in [5.74, 6) is -2.30. The van der Waals surface area contributed by atoms with Crippen molar-refractivity contribution >= 4 is 19.4 Å². The van der Waals surface area contributed by atoms with Crippen LogP contribution in [0.4, 0.5) is 26.3 Å². The predicted octanol–water partition coefficient (Wildman–Crippen LogP) is 0.826. The molecule has 0 amide bonds. The summed E-state index contributed by atoms with van der Waals surface area (Å²) >= 11 is 0. The van der Waals surface area contributed by atoms with Gasteiger partial charge in [0.05, 0.1) is 0 Å². The average molecular weight is 311 g/mol. The number of alkyl halides is 6. The van der Waals surface area contributed by atoms with E-state index in [0.29, 0.717) is 4.72 Å². The first-order chi connectivity index (χ1) is 6.99. The smallest absolute Gasteiger partial charge is 0.295 e. The maximum atomic E-state index is 12.1. The second-order valence-electron chi connectivity index (χ2n) is 3.17. The van der Waals surface area contributed by atoms with Crippen LogP contribution in [0.15, 0.2) is 0 Å². The van der Waals surface area contributed by atoms with E-state index in [1.807, 2.05) is 0 Å². The Kier molecular flexibility index (Phi) is 3.71. The van der Waals surface area contributed by atoms with Crippen molar-refractivity contribution in [1.29, 1.82) is 0 Å². The van der Waals surface area contributed by atoms with E-state index in [-0.39, 0.29) is 6.26 Å². The van der Waals surface area contributed by atoms with Crippen molar-refractivity contribution in [3.05, 3.63) is 0 Å². The fourth-order valence-corrected chi connectivity index (χ4v) is 2.44. The fraction of sp³-hybridized carbons (Fsp3) is 1.00. The van der Waals surface area contributed by atoms with Crippen LogP contribution in [0.25, 0.3) is 0 Å². The van der Waals surface area contributed by atoms with Crippen LogP contribution in [-0.4, -0.2) is 40.3 Å². The van der Waals surface area contributed by atoms with E-state index in [0.717, 1.165) is 0 Å². The van der Waals surface area contributed by atoms with Gasteiger partial charge in [-0.05, 0) is 0 Å². The third kappa shape index (κ3) is 3.53. The summed E-state index contributed by atoms with van der Waals surface area (Å²) in [6.45, 7) is 0. The van der Waals surface area contributed by atoms with Gasteiger partial charge in [0, 0.05) is 6.26 Å². The molecule has 0 rings (SSSR count). The Bertz CT molecular complexity index is 455. The van der Waals surface area contributed by atoms with E-state index in [1.54, 1.807) is 0 Å². The van der Waals surface area contributed by atoms with Gasteiger partial charge in [0.15, 0.2) is 0 Å². The van der Waals surface area contributed by atoms with E-state index in [2.05, 4.69) is 0 Å². The number of hydrogen-bond donors (Lipinski definition) is 2. The molecule has 0 aliphatic carbocycles. The van der Waals surface area contributed by atoms with E-state index in [9.17, 15) is 39.0 Å². The van der Waals surface area contributed by atoms with Crippen molar-refractivity contribution in [3.63, 3.8) is 0 Å². The summed E-state index contributed by atoms with van der Waals surface area (Å²) in [5, 5.41) is 0. The van der Waals surface area contributed by atoms with E-state index >= 15 is 0 Å². The molecule has 0 spiro atoms. The van der Waals surface area contributed by atoms with Crippen molar-refractivity contribution < 1.29 is 43.5 Å². The average Bonchev–Trinajstić information content (AvgIpc) is 1.96. The summed E-state index contributed by atoms with van der Waals surface area (Å²) in [6, 6.07) is 0. The molecular formula is C4H7F6NO4S2. The highest BCUT2D eigenvalue weighted by atomic mass is 32.3. The molecule has 0 bridgehead atoms. The van der Waals surface area contributed by atoms with Gasteiger partial charge in [-0.25, -0.2) is 8.42 Å². The Morgan fingerprint density at radius 3 is 1.76 bits per heavy atom. The molecule has 17 heavy (non-hydrogen) atoms. The summed E-state index contributed by atoms with van der Waals surface area (Å²) < 4.78 is 112. The van der Waals surface area contributed by atoms with Crippen molar-refractivity contribution in [2.45, 2.75) is 11.0 Å². The molecule has 0 saturated heterocycles. The van der Waals surface area contributed by atoms with E-state index < -0.39 is 36.3 Å². The van der Waals surface area contributed by atoms with Gasteiger partial charge in [0.25, 0.3) is 0 Å². The highest BCUT2D eigenvalue weighted by Gasteiger charge is 2.54.